The predicted octanol–water partition coefficient (Wildman–Crippen LogP) is 3.99. The molecule has 0 spiro atoms. The summed E-state index contributed by atoms with van der Waals surface area (Å²) in [5, 5.41) is 3.61. The summed E-state index contributed by atoms with van der Waals surface area (Å²) in [5.41, 5.74) is 1.45. The maximum Gasteiger partial charge on any atom is 0.0472 e. The fraction of sp³-hybridized carbons (Fsp3) is 0.667. The Balaban J connectivity index is 2.04. The molecule has 2 rings (SSSR count). The second-order valence-electron chi connectivity index (χ2n) is 6.09. The largest absolute Gasteiger partial charge is 0.315 e. The first-order valence-electron chi connectivity index (χ1n) is 8.30. The Morgan fingerprint density at radius 3 is 2.50 bits per heavy atom. The van der Waals surface area contributed by atoms with Crippen molar-refractivity contribution in [2.24, 2.45) is 0 Å². The van der Waals surface area contributed by atoms with Crippen LogP contribution in [0.5, 0.6) is 0 Å². The van der Waals surface area contributed by atoms with Crippen molar-refractivity contribution in [1.29, 1.82) is 0 Å². The number of benzene rings is 1. The zero-order valence-corrected chi connectivity index (χ0v) is 13.1. The fourth-order valence-electron chi connectivity index (χ4n) is 3.33. The number of nitrogens with zero attached hydrogens (tertiary/aromatic N) is 1. The van der Waals surface area contributed by atoms with E-state index in [-0.39, 0.29) is 0 Å². The zero-order chi connectivity index (χ0) is 14.2. The average molecular weight is 274 g/mol. The Hall–Kier alpha value is -0.860. The van der Waals surface area contributed by atoms with Crippen LogP contribution in [0.15, 0.2) is 30.3 Å². The summed E-state index contributed by atoms with van der Waals surface area (Å²) in [7, 11) is 2.32. The molecular weight excluding hydrogens is 244 g/mol. The first-order chi connectivity index (χ1) is 9.83. The van der Waals surface area contributed by atoms with Crippen LogP contribution in [0.25, 0.3) is 0 Å². The fourth-order valence-corrected chi connectivity index (χ4v) is 3.33. The van der Waals surface area contributed by atoms with Gasteiger partial charge in [-0.2, -0.15) is 0 Å². The van der Waals surface area contributed by atoms with E-state index in [1.807, 2.05) is 0 Å². The lowest BCUT2D eigenvalue weighted by Gasteiger charge is -2.37. The SMILES string of the molecule is CCCNCC(c1ccccc1)N(C)C1CCCCC1. The Kier molecular flexibility index (Phi) is 6.55. The van der Waals surface area contributed by atoms with Gasteiger partial charge in [-0.15, -0.1) is 0 Å². The molecule has 2 nitrogen and oxygen atoms in total. The van der Waals surface area contributed by atoms with E-state index in [1.165, 1.54) is 44.1 Å². The molecule has 20 heavy (non-hydrogen) atoms. The van der Waals surface area contributed by atoms with Crippen LogP contribution in [0.4, 0.5) is 0 Å². The molecule has 1 aliphatic carbocycles. The van der Waals surface area contributed by atoms with Gasteiger partial charge in [0, 0.05) is 18.6 Å². The van der Waals surface area contributed by atoms with Crippen LogP contribution in [0.2, 0.25) is 0 Å². The highest BCUT2D eigenvalue weighted by Crippen LogP contribution is 2.28. The maximum atomic E-state index is 3.61. The number of nitrogens with one attached hydrogen (secondary N) is 1. The monoisotopic (exact) mass is 274 g/mol. The molecule has 1 aromatic carbocycles. The minimum Gasteiger partial charge on any atom is -0.315 e. The van der Waals surface area contributed by atoms with Crippen molar-refractivity contribution in [2.75, 3.05) is 20.1 Å². The van der Waals surface area contributed by atoms with Crippen molar-refractivity contribution in [3.8, 4) is 0 Å². The predicted molar refractivity (Wildman–Crippen MR) is 87.0 cm³/mol. The minimum atomic E-state index is 0.505. The van der Waals surface area contributed by atoms with Crippen molar-refractivity contribution >= 4 is 0 Å². The van der Waals surface area contributed by atoms with Gasteiger partial charge in [-0.05, 0) is 38.4 Å². The van der Waals surface area contributed by atoms with Crippen LogP contribution in [0, 0.1) is 0 Å². The third-order valence-electron chi connectivity index (χ3n) is 4.59. The van der Waals surface area contributed by atoms with Gasteiger partial charge in [0.1, 0.15) is 0 Å². The summed E-state index contributed by atoms with van der Waals surface area (Å²) >= 11 is 0. The molecule has 1 atom stereocenters. The molecule has 0 aliphatic heterocycles. The molecule has 0 aromatic heterocycles. The molecule has 0 saturated heterocycles. The highest BCUT2D eigenvalue weighted by Gasteiger charge is 2.25. The van der Waals surface area contributed by atoms with Crippen molar-refractivity contribution in [2.45, 2.75) is 57.5 Å². The molecule has 0 radical (unpaired) electrons. The Bertz CT molecular complexity index is 357. The van der Waals surface area contributed by atoms with E-state index in [1.54, 1.807) is 0 Å². The number of hydrogen-bond donors (Lipinski definition) is 1. The molecule has 0 heterocycles. The molecule has 0 amide bonds. The molecule has 112 valence electrons. The topological polar surface area (TPSA) is 15.3 Å². The first-order valence-corrected chi connectivity index (χ1v) is 8.30. The molecule has 1 aliphatic rings. The number of rotatable bonds is 7. The van der Waals surface area contributed by atoms with Gasteiger partial charge in [0.2, 0.25) is 0 Å². The highest BCUT2D eigenvalue weighted by molar-refractivity contribution is 5.19. The van der Waals surface area contributed by atoms with E-state index >= 15 is 0 Å². The molecule has 2 heteroatoms. The van der Waals surface area contributed by atoms with Gasteiger partial charge in [-0.3, -0.25) is 4.90 Å². The van der Waals surface area contributed by atoms with Crippen LogP contribution < -0.4 is 5.32 Å². The minimum absolute atomic E-state index is 0.505. The van der Waals surface area contributed by atoms with Crippen molar-refractivity contribution < 1.29 is 0 Å². The lowest BCUT2D eigenvalue weighted by Crippen LogP contribution is -2.41. The molecule has 1 unspecified atom stereocenters. The third-order valence-corrected chi connectivity index (χ3v) is 4.59. The molecular formula is C18H30N2. The lowest BCUT2D eigenvalue weighted by atomic mass is 9.92. The van der Waals surface area contributed by atoms with Gasteiger partial charge in [0.25, 0.3) is 0 Å². The standard InChI is InChI=1S/C18H30N2/c1-3-14-19-15-18(16-10-6-4-7-11-16)20(2)17-12-8-5-9-13-17/h4,6-7,10-11,17-19H,3,5,8-9,12-15H2,1-2H3. The summed E-state index contributed by atoms with van der Waals surface area (Å²) in [6, 6.07) is 12.3. The Morgan fingerprint density at radius 1 is 1.15 bits per heavy atom. The van der Waals surface area contributed by atoms with E-state index in [0.29, 0.717) is 6.04 Å². The highest BCUT2D eigenvalue weighted by atomic mass is 15.2. The molecule has 1 saturated carbocycles. The Morgan fingerprint density at radius 2 is 1.85 bits per heavy atom. The van der Waals surface area contributed by atoms with E-state index < -0.39 is 0 Å². The summed E-state index contributed by atoms with van der Waals surface area (Å²) in [6.45, 7) is 4.40. The number of hydrogen-bond acceptors (Lipinski definition) is 2. The summed E-state index contributed by atoms with van der Waals surface area (Å²) in [6.07, 6.45) is 8.17. The van der Waals surface area contributed by atoms with Gasteiger partial charge in [0.15, 0.2) is 0 Å². The summed E-state index contributed by atoms with van der Waals surface area (Å²) in [4.78, 5) is 2.62. The van der Waals surface area contributed by atoms with Gasteiger partial charge >= 0.3 is 0 Å². The lowest BCUT2D eigenvalue weighted by molar-refractivity contribution is 0.135. The van der Waals surface area contributed by atoms with Crippen molar-refractivity contribution in [1.82, 2.24) is 10.2 Å². The van der Waals surface area contributed by atoms with Gasteiger partial charge in [-0.1, -0.05) is 56.5 Å². The zero-order valence-electron chi connectivity index (χ0n) is 13.1. The normalized spacial score (nSPS) is 18.4. The van der Waals surface area contributed by atoms with Crippen LogP contribution in [0.1, 0.15) is 57.1 Å². The van der Waals surface area contributed by atoms with Crippen molar-refractivity contribution in [3.63, 3.8) is 0 Å². The number of likely N-dealkylation sites (N-methyl/N-ethyl adjacent to an activating group) is 1. The average Bonchev–Trinajstić information content (AvgIpc) is 2.53. The van der Waals surface area contributed by atoms with Crippen LogP contribution in [0.3, 0.4) is 0 Å². The summed E-state index contributed by atoms with van der Waals surface area (Å²) in [5.74, 6) is 0. The molecule has 0 bridgehead atoms. The van der Waals surface area contributed by atoms with Gasteiger partial charge in [0.05, 0.1) is 0 Å². The van der Waals surface area contributed by atoms with E-state index in [0.717, 1.165) is 19.1 Å². The maximum absolute atomic E-state index is 3.61. The van der Waals surface area contributed by atoms with Crippen LogP contribution in [-0.4, -0.2) is 31.1 Å². The molecule has 1 aromatic rings. The van der Waals surface area contributed by atoms with Crippen LogP contribution >= 0.6 is 0 Å². The van der Waals surface area contributed by atoms with Crippen LogP contribution in [-0.2, 0) is 0 Å². The Labute approximate surface area is 124 Å². The van der Waals surface area contributed by atoms with Crippen molar-refractivity contribution in [3.05, 3.63) is 35.9 Å². The third kappa shape index (κ3) is 4.32. The first kappa shape index (κ1) is 15.5. The second kappa shape index (κ2) is 8.43. The molecule has 1 fully saturated rings. The summed E-state index contributed by atoms with van der Waals surface area (Å²) < 4.78 is 0. The van der Waals surface area contributed by atoms with E-state index in [2.05, 4.69) is 54.5 Å². The van der Waals surface area contributed by atoms with E-state index in [9.17, 15) is 0 Å². The van der Waals surface area contributed by atoms with Gasteiger partial charge < -0.3 is 5.32 Å². The molecule has 1 N–H and O–H groups in total. The van der Waals surface area contributed by atoms with Gasteiger partial charge in [-0.25, -0.2) is 0 Å². The second-order valence-corrected chi connectivity index (χ2v) is 6.09. The van der Waals surface area contributed by atoms with E-state index in [4.69, 9.17) is 0 Å². The smallest absolute Gasteiger partial charge is 0.0472 e. The quantitative estimate of drug-likeness (QED) is 0.756.